The van der Waals surface area contributed by atoms with Crippen LogP contribution < -0.4 is 14.2 Å². The number of nitrogens with one attached hydrogen (secondary N) is 1. The predicted molar refractivity (Wildman–Crippen MR) is 84.1 cm³/mol. The first-order valence-electron chi connectivity index (χ1n) is 7.29. The summed E-state index contributed by atoms with van der Waals surface area (Å²) in [7, 11) is -1.85. The summed E-state index contributed by atoms with van der Waals surface area (Å²) in [5.74, 6) is 1.01. The molecule has 0 aliphatic carbocycles. The maximum absolute atomic E-state index is 12.6. The van der Waals surface area contributed by atoms with E-state index >= 15 is 0 Å². The second kappa shape index (κ2) is 5.86. The van der Waals surface area contributed by atoms with Gasteiger partial charge in [-0.05, 0) is 26.0 Å². The van der Waals surface area contributed by atoms with Gasteiger partial charge in [-0.1, -0.05) is 0 Å². The summed E-state index contributed by atoms with van der Waals surface area (Å²) < 4.78 is 40.4. The average molecular weight is 337 g/mol. The number of fused-ring (bicyclic) bond motifs is 1. The van der Waals surface area contributed by atoms with Crippen LogP contribution in [-0.2, 0) is 17.1 Å². The fourth-order valence-corrected chi connectivity index (χ4v) is 3.73. The van der Waals surface area contributed by atoms with Gasteiger partial charge < -0.3 is 9.47 Å². The van der Waals surface area contributed by atoms with E-state index < -0.39 is 10.0 Å². The third kappa shape index (κ3) is 3.04. The number of rotatable bonds is 4. The van der Waals surface area contributed by atoms with Crippen LogP contribution in [0.2, 0.25) is 0 Å². The van der Waals surface area contributed by atoms with Crippen LogP contribution in [0.3, 0.4) is 0 Å². The van der Waals surface area contributed by atoms with Crippen molar-refractivity contribution in [3.05, 3.63) is 35.7 Å². The Morgan fingerprint density at radius 1 is 1.26 bits per heavy atom. The Kier molecular flexibility index (Phi) is 4.03. The van der Waals surface area contributed by atoms with E-state index in [1.54, 1.807) is 23.9 Å². The van der Waals surface area contributed by atoms with Crippen molar-refractivity contribution in [2.24, 2.45) is 7.05 Å². The molecule has 0 saturated heterocycles. The fourth-order valence-electron chi connectivity index (χ4n) is 2.50. The number of nitrogens with zero attached hydrogens (tertiary/aromatic N) is 2. The van der Waals surface area contributed by atoms with E-state index in [1.807, 2.05) is 14.0 Å². The summed E-state index contributed by atoms with van der Waals surface area (Å²) in [5, 5.41) is 4.14. The number of ether oxygens (including phenoxy) is 2. The van der Waals surface area contributed by atoms with E-state index in [1.165, 1.54) is 12.1 Å². The topological polar surface area (TPSA) is 82.5 Å². The number of benzene rings is 1. The molecule has 1 aromatic carbocycles. The molecule has 1 aromatic heterocycles. The minimum absolute atomic E-state index is 0.148. The summed E-state index contributed by atoms with van der Waals surface area (Å²) in [6.45, 7) is 4.57. The number of aromatic nitrogens is 2. The Bertz CT molecular complexity index is 829. The zero-order valence-corrected chi connectivity index (χ0v) is 14.1. The molecule has 2 heterocycles. The maximum Gasteiger partial charge on any atom is 0.241 e. The molecule has 124 valence electrons. The number of hydrogen-bond donors (Lipinski definition) is 1. The van der Waals surface area contributed by atoms with E-state index in [4.69, 9.17) is 9.47 Å². The van der Waals surface area contributed by atoms with Gasteiger partial charge in [0.1, 0.15) is 13.2 Å². The van der Waals surface area contributed by atoms with Crippen molar-refractivity contribution in [2.75, 3.05) is 13.2 Å². The second-order valence-corrected chi connectivity index (χ2v) is 7.17. The van der Waals surface area contributed by atoms with Crippen molar-refractivity contribution in [1.82, 2.24) is 14.5 Å². The molecule has 0 amide bonds. The van der Waals surface area contributed by atoms with E-state index in [9.17, 15) is 8.42 Å². The van der Waals surface area contributed by atoms with Crippen molar-refractivity contribution in [2.45, 2.75) is 24.8 Å². The van der Waals surface area contributed by atoms with Gasteiger partial charge in [-0.15, -0.1) is 0 Å². The Balaban J connectivity index is 1.85. The van der Waals surface area contributed by atoms with Crippen LogP contribution in [0, 0.1) is 6.92 Å². The molecular formula is C15H19N3O4S. The van der Waals surface area contributed by atoms with Gasteiger partial charge in [-0.3, -0.25) is 4.68 Å². The van der Waals surface area contributed by atoms with Crippen molar-refractivity contribution in [3.63, 3.8) is 0 Å². The SMILES string of the molecule is Cc1c(C(C)NS(=O)(=O)c2ccc3c(c2)OCCO3)cnn1C. The first-order valence-corrected chi connectivity index (χ1v) is 8.77. The van der Waals surface area contributed by atoms with E-state index in [2.05, 4.69) is 9.82 Å². The third-order valence-corrected chi connectivity index (χ3v) is 5.43. The minimum Gasteiger partial charge on any atom is -0.486 e. The van der Waals surface area contributed by atoms with Gasteiger partial charge in [-0.2, -0.15) is 5.10 Å². The maximum atomic E-state index is 12.6. The quantitative estimate of drug-likeness (QED) is 0.915. The average Bonchev–Trinajstić information content (AvgIpc) is 2.86. The molecule has 1 aliphatic rings. The molecular weight excluding hydrogens is 318 g/mol. The standard InChI is InChI=1S/C15H19N3O4S/c1-10(13-9-16-18(3)11(13)2)17-23(19,20)12-4-5-14-15(8-12)22-7-6-21-14/h4-5,8-10,17H,6-7H2,1-3H3. The molecule has 1 unspecified atom stereocenters. The fraction of sp³-hybridized carbons (Fsp3) is 0.400. The zero-order chi connectivity index (χ0) is 16.6. The molecule has 1 N–H and O–H groups in total. The highest BCUT2D eigenvalue weighted by Crippen LogP contribution is 2.32. The van der Waals surface area contributed by atoms with Gasteiger partial charge in [0.25, 0.3) is 0 Å². The van der Waals surface area contributed by atoms with Crippen LogP contribution in [0.25, 0.3) is 0 Å². The second-order valence-electron chi connectivity index (χ2n) is 5.46. The summed E-state index contributed by atoms with van der Waals surface area (Å²) in [5.41, 5.74) is 1.76. The summed E-state index contributed by atoms with van der Waals surface area (Å²) in [6, 6.07) is 4.23. The molecule has 1 aliphatic heterocycles. The Hall–Kier alpha value is -2.06. The van der Waals surface area contributed by atoms with Gasteiger partial charge in [0.2, 0.25) is 10.0 Å². The molecule has 0 fully saturated rings. The molecule has 0 bridgehead atoms. The van der Waals surface area contributed by atoms with Crippen LogP contribution in [0.4, 0.5) is 0 Å². The highest BCUT2D eigenvalue weighted by Gasteiger charge is 2.23. The smallest absolute Gasteiger partial charge is 0.241 e. The van der Waals surface area contributed by atoms with Gasteiger partial charge >= 0.3 is 0 Å². The monoisotopic (exact) mass is 337 g/mol. The first kappa shape index (κ1) is 15.8. The zero-order valence-electron chi connectivity index (χ0n) is 13.2. The lowest BCUT2D eigenvalue weighted by atomic mass is 10.1. The van der Waals surface area contributed by atoms with Crippen LogP contribution in [0.5, 0.6) is 11.5 Å². The molecule has 8 heteroatoms. The van der Waals surface area contributed by atoms with E-state index in [0.717, 1.165) is 11.3 Å². The molecule has 3 rings (SSSR count). The first-order chi connectivity index (χ1) is 10.9. The number of sulfonamides is 1. The van der Waals surface area contributed by atoms with Crippen LogP contribution in [-0.4, -0.2) is 31.4 Å². The largest absolute Gasteiger partial charge is 0.486 e. The Labute approximate surface area is 135 Å². The Morgan fingerprint density at radius 3 is 2.61 bits per heavy atom. The van der Waals surface area contributed by atoms with Gasteiger partial charge in [0.15, 0.2) is 11.5 Å². The lowest BCUT2D eigenvalue weighted by molar-refractivity contribution is 0.171. The highest BCUT2D eigenvalue weighted by molar-refractivity contribution is 7.89. The minimum atomic E-state index is -3.67. The third-order valence-electron chi connectivity index (χ3n) is 3.90. The van der Waals surface area contributed by atoms with Crippen LogP contribution >= 0.6 is 0 Å². The van der Waals surface area contributed by atoms with E-state index in [0.29, 0.717) is 24.7 Å². The lowest BCUT2D eigenvalue weighted by Crippen LogP contribution is -2.27. The molecule has 0 radical (unpaired) electrons. The molecule has 0 spiro atoms. The number of hydrogen-bond acceptors (Lipinski definition) is 5. The van der Waals surface area contributed by atoms with Crippen LogP contribution in [0.1, 0.15) is 24.2 Å². The molecule has 0 saturated carbocycles. The molecule has 7 nitrogen and oxygen atoms in total. The van der Waals surface area contributed by atoms with Crippen molar-refractivity contribution in [3.8, 4) is 11.5 Å². The lowest BCUT2D eigenvalue weighted by Gasteiger charge is -2.19. The van der Waals surface area contributed by atoms with Crippen LogP contribution in [0.15, 0.2) is 29.3 Å². The molecule has 23 heavy (non-hydrogen) atoms. The predicted octanol–water partition coefficient (Wildman–Crippen LogP) is 1.54. The van der Waals surface area contributed by atoms with Crippen molar-refractivity contribution < 1.29 is 17.9 Å². The Morgan fingerprint density at radius 2 is 1.96 bits per heavy atom. The highest BCUT2D eigenvalue weighted by atomic mass is 32.2. The molecule has 2 aromatic rings. The van der Waals surface area contributed by atoms with Gasteiger partial charge in [0.05, 0.1) is 11.1 Å². The van der Waals surface area contributed by atoms with Gasteiger partial charge in [0, 0.05) is 30.4 Å². The summed E-state index contributed by atoms with van der Waals surface area (Å²) in [4.78, 5) is 0.148. The summed E-state index contributed by atoms with van der Waals surface area (Å²) in [6.07, 6.45) is 1.67. The summed E-state index contributed by atoms with van der Waals surface area (Å²) >= 11 is 0. The normalized spacial score (nSPS) is 15.4. The van der Waals surface area contributed by atoms with Gasteiger partial charge in [-0.25, -0.2) is 13.1 Å². The molecule has 1 atom stereocenters. The number of aryl methyl sites for hydroxylation is 1. The van der Waals surface area contributed by atoms with E-state index in [-0.39, 0.29) is 10.9 Å². The van der Waals surface area contributed by atoms with Crippen molar-refractivity contribution >= 4 is 10.0 Å². The van der Waals surface area contributed by atoms with Crippen molar-refractivity contribution in [1.29, 1.82) is 0 Å².